The predicted molar refractivity (Wildman–Crippen MR) is 72.0 cm³/mol. The number of piperidine rings is 1. The van der Waals surface area contributed by atoms with Crippen molar-refractivity contribution in [2.75, 3.05) is 13.1 Å². The Kier molecular flexibility index (Phi) is 3.84. The maximum atomic E-state index is 12.2. The number of carbonyl (C=O) groups is 1. The minimum Gasteiger partial charge on any atom is -0.339 e. The molecular formula is C13H17BrN2O. The Labute approximate surface area is 110 Å². The number of carbonyl (C=O) groups excluding carboxylic acids is 1. The van der Waals surface area contributed by atoms with Crippen molar-refractivity contribution in [3.8, 4) is 0 Å². The summed E-state index contributed by atoms with van der Waals surface area (Å²) in [5, 5.41) is 0. The van der Waals surface area contributed by atoms with Crippen molar-refractivity contribution in [3.63, 3.8) is 0 Å². The van der Waals surface area contributed by atoms with Gasteiger partial charge in [0.05, 0.1) is 0 Å². The lowest BCUT2D eigenvalue weighted by Gasteiger charge is -2.30. The molecule has 1 saturated heterocycles. The van der Waals surface area contributed by atoms with E-state index in [0.29, 0.717) is 0 Å². The first-order valence-corrected chi connectivity index (χ1v) is 6.68. The van der Waals surface area contributed by atoms with Gasteiger partial charge in [-0.3, -0.25) is 4.79 Å². The second-order valence-electron chi connectivity index (χ2n) is 4.59. The van der Waals surface area contributed by atoms with Gasteiger partial charge in [0.2, 0.25) is 0 Å². The molecule has 0 aromatic heterocycles. The van der Waals surface area contributed by atoms with Crippen molar-refractivity contribution in [1.29, 1.82) is 0 Å². The zero-order valence-corrected chi connectivity index (χ0v) is 11.5. The minimum atomic E-state index is 0.118. The van der Waals surface area contributed by atoms with Crippen molar-refractivity contribution >= 4 is 21.8 Å². The van der Waals surface area contributed by atoms with Gasteiger partial charge in [0, 0.05) is 29.2 Å². The van der Waals surface area contributed by atoms with Gasteiger partial charge in [-0.2, -0.15) is 0 Å². The van der Waals surface area contributed by atoms with Gasteiger partial charge in [-0.1, -0.05) is 15.9 Å². The Balaban J connectivity index is 2.11. The Morgan fingerprint density at radius 3 is 2.65 bits per heavy atom. The molecule has 92 valence electrons. The molecule has 0 unspecified atom stereocenters. The summed E-state index contributed by atoms with van der Waals surface area (Å²) in [4.78, 5) is 14.1. The summed E-state index contributed by atoms with van der Waals surface area (Å²) in [5.74, 6) is 0.118. The number of nitrogens with zero attached hydrogens (tertiary/aromatic N) is 1. The first-order valence-electron chi connectivity index (χ1n) is 5.89. The third-order valence-electron chi connectivity index (χ3n) is 3.23. The summed E-state index contributed by atoms with van der Waals surface area (Å²) in [7, 11) is 0. The highest BCUT2D eigenvalue weighted by atomic mass is 79.9. The van der Waals surface area contributed by atoms with Crippen molar-refractivity contribution in [3.05, 3.63) is 33.8 Å². The summed E-state index contributed by atoms with van der Waals surface area (Å²) in [6.45, 7) is 3.54. The third-order valence-corrected chi connectivity index (χ3v) is 4.12. The van der Waals surface area contributed by atoms with Gasteiger partial charge in [-0.15, -0.1) is 0 Å². The van der Waals surface area contributed by atoms with E-state index in [1.54, 1.807) is 0 Å². The molecule has 1 fully saturated rings. The molecule has 1 aromatic carbocycles. The maximum absolute atomic E-state index is 12.2. The van der Waals surface area contributed by atoms with E-state index < -0.39 is 0 Å². The quantitative estimate of drug-likeness (QED) is 0.864. The normalized spacial score (nSPS) is 17.2. The van der Waals surface area contributed by atoms with E-state index in [1.807, 2.05) is 30.0 Å². The van der Waals surface area contributed by atoms with Crippen molar-refractivity contribution in [1.82, 2.24) is 4.90 Å². The van der Waals surface area contributed by atoms with Crippen LogP contribution in [0.5, 0.6) is 0 Å². The number of halogens is 1. The van der Waals surface area contributed by atoms with E-state index in [4.69, 9.17) is 5.73 Å². The third kappa shape index (κ3) is 2.87. The summed E-state index contributed by atoms with van der Waals surface area (Å²) < 4.78 is 1.04. The lowest BCUT2D eigenvalue weighted by Crippen LogP contribution is -2.42. The molecule has 0 spiro atoms. The summed E-state index contributed by atoms with van der Waals surface area (Å²) in [6.07, 6.45) is 1.81. The molecule has 2 rings (SSSR count). The largest absolute Gasteiger partial charge is 0.339 e. The zero-order valence-electron chi connectivity index (χ0n) is 9.95. The maximum Gasteiger partial charge on any atom is 0.253 e. The standard InChI is InChI=1S/C13H17BrN2O/c1-9-8-10(2-3-12(9)14)13(17)16-6-4-11(15)5-7-16/h2-3,8,11H,4-7,15H2,1H3. The van der Waals surface area contributed by atoms with Gasteiger partial charge in [-0.05, 0) is 43.5 Å². The number of likely N-dealkylation sites (tertiary alicyclic amines) is 1. The molecule has 4 heteroatoms. The van der Waals surface area contributed by atoms with E-state index in [9.17, 15) is 4.79 Å². The highest BCUT2D eigenvalue weighted by molar-refractivity contribution is 9.10. The fraction of sp³-hybridized carbons (Fsp3) is 0.462. The molecule has 1 aromatic rings. The summed E-state index contributed by atoms with van der Waals surface area (Å²) >= 11 is 3.44. The smallest absolute Gasteiger partial charge is 0.253 e. The predicted octanol–water partition coefficient (Wildman–Crippen LogP) is 2.32. The van der Waals surface area contributed by atoms with E-state index in [-0.39, 0.29) is 11.9 Å². The average Bonchev–Trinajstić information content (AvgIpc) is 2.33. The van der Waals surface area contributed by atoms with Gasteiger partial charge >= 0.3 is 0 Å². The zero-order chi connectivity index (χ0) is 12.4. The molecule has 0 aliphatic carbocycles. The number of hydrogen-bond acceptors (Lipinski definition) is 2. The molecule has 1 aliphatic heterocycles. The van der Waals surface area contributed by atoms with Crippen LogP contribution in [0.3, 0.4) is 0 Å². The number of aryl methyl sites for hydroxylation is 1. The van der Waals surface area contributed by atoms with Crippen LogP contribution in [0.1, 0.15) is 28.8 Å². The molecule has 3 nitrogen and oxygen atoms in total. The van der Waals surface area contributed by atoms with Crippen molar-refractivity contribution in [2.45, 2.75) is 25.8 Å². The molecule has 0 bridgehead atoms. The summed E-state index contributed by atoms with van der Waals surface area (Å²) in [6, 6.07) is 5.98. The molecular weight excluding hydrogens is 280 g/mol. The van der Waals surface area contributed by atoms with Crippen LogP contribution < -0.4 is 5.73 Å². The van der Waals surface area contributed by atoms with E-state index in [0.717, 1.165) is 41.5 Å². The van der Waals surface area contributed by atoms with E-state index in [1.165, 1.54) is 0 Å². The highest BCUT2D eigenvalue weighted by Gasteiger charge is 2.21. The number of amides is 1. The lowest BCUT2D eigenvalue weighted by atomic mass is 10.0. The van der Waals surface area contributed by atoms with Crippen molar-refractivity contribution in [2.24, 2.45) is 5.73 Å². The van der Waals surface area contributed by atoms with Crippen molar-refractivity contribution < 1.29 is 4.79 Å². The number of rotatable bonds is 1. The van der Waals surface area contributed by atoms with E-state index in [2.05, 4.69) is 15.9 Å². The Bertz CT molecular complexity index is 425. The van der Waals surface area contributed by atoms with Crippen LogP contribution in [0.15, 0.2) is 22.7 Å². The van der Waals surface area contributed by atoms with Crippen LogP contribution in [-0.2, 0) is 0 Å². The van der Waals surface area contributed by atoms with Crippen LogP contribution in [0, 0.1) is 6.92 Å². The topological polar surface area (TPSA) is 46.3 Å². The van der Waals surface area contributed by atoms with Gasteiger partial charge in [0.1, 0.15) is 0 Å². The highest BCUT2D eigenvalue weighted by Crippen LogP contribution is 2.19. The monoisotopic (exact) mass is 296 g/mol. The molecule has 2 N–H and O–H groups in total. The van der Waals surface area contributed by atoms with Crippen LogP contribution in [0.25, 0.3) is 0 Å². The second kappa shape index (κ2) is 5.19. The molecule has 0 saturated carbocycles. The van der Waals surface area contributed by atoms with Crippen LogP contribution >= 0.6 is 15.9 Å². The first kappa shape index (κ1) is 12.6. The Morgan fingerprint density at radius 1 is 1.41 bits per heavy atom. The fourth-order valence-electron chi connectivity index (χ4n) is 2.06. The van der Waals surface area contributed by atoms with Gasteiger partial charge in [0.15, 0.2) is 0 Å². The SMILES string of the molecule is Cc1cc(C(=O)N2CCC(N)CC2)ccc1Br. The van der Waals surface area contributed by atoms with Crippen LogP contribution in [-0.4, -0.2) is 29.9 Å². The lowest BCUT2D eigenvalue weighted by molar-refractivity contribution is 0.0714. The summed E-state index contributed by atoms with van der Waals surface area (Å²) in [5.41, 5.74) is 7.69. The van der Waals surface area contributed by atoms with Crippen LogP contribution in [0.4, 0.5) is 0 Å². The fourth-order valence-corrected chi connectivity index (χ4v) is 2.31. The van der Waals surface area contributed by atoms with Crippen LogP contribution in [0.2, 0.25) is 0 Å². The molecule has 17 heavy (non-hydrogen) atoms. The number of hydrogen-bond donors (Lipinski definition) is 1. The van der Waals surface area contributed by atoms with E-state index >= 15 is 0 Å². The molecule has 1 amide bonds. The number of nitrogens with two attached hydrogens (primary N) is 1. The Hall–Kier alpha value is -0.870. The van der Waals surface area contributed by atoms with Gasteiger partial charge < -0.3 is 10.6 Å². The minimum absolute atomic E-state index is 0.118. The average molecular weight is 297 g/mol. The number of benzene rings is 1. The molecule has 1 heterocycles. The molecule has 0 atom stereocenters. The Morgan fingerprint density at radius 2 is 2.06 bits per heavy atom. The molecule has 1 aliphatic rings. The first-order chi connectivity index (χ1) is 8.08. The van der Waals surface area contributed by atoms with Gasteiger partial charge in [-0.25, -0.2) is 0 Å². The molecule has 0 radical (unpaired) electrons. The second-order valence-corrected chi connectivity index (χ2v) is 5.45. The van der Waals surface area contributed by atoms with Gasteiger partial charge in [0.25, 0.3) is 5.91 Å².